The number of para-hydroxylation sites is 1. The van der Waals surface area contributed by atoms with Gasteiger partial charge in [-0.3, -0.25) is 9.10 Å². The van der Waals surface area contributed by atoms with Gasteiger partial charge in [0.15, 0.2) is 0 Å². The van der Waals surface area contributed by atoms with Gasteiger partial charge in [0.2, 0.25) is 10.0 Å². The molecule has 2 heterocycles. The van der Waals surface area contributed by atoms with Crippen molar-refractivity contribution in [2.45, 2.75) is 19.3 Å². The van der Waals surface area contributed by atoms with Crippen LogP contribution >= 0.6 is 11.6 Å². The predicted octanol–water partition coefficient (Wildman–Crippen LogP) is 3.72. The minimum absolute atomic E-state index is 0.127. The van der Waals surface area contributed by atoms with E-state index in [9.17, 15) is 13.2 Å². The van der Waals surface area contributed by atoms with Crippen molar-refractivity contribution in [1.29, 1.82) is 0 Å². The summed E-state index contributed by atoms with van der Waals surface area (Å²) in [6.45, 7) is 0.870. The van der Waals surface area contributed by atoms with Crippen molar-refractivity contribution >= 4 is 44.1 Å². The molecule has 4 rings (SSSR count). The van der Waals surface area contributed by atoms with E-state index >= 15 is 0 Å². The van der Waals surface area contributed by atoms with Crippen LogP contribution in [0.2, 0.25) is 5.02 Å². The molecule has 0 bridgehead atoms. The molecule has 1 aliphatic heterocycles. The quantitative estimate of drug-likeness (QED) is 0.645. The highest BCUT2D eigenvalue weighted by Gasteiger charge is 2.27. The summed E-state index contributed by atoms with van der Waals surface area (Å²) in [5, 5.41) is 4.32. The molecule has 1 aliphatic rings. The molecule has 8 heteroatoms. The van der Waals surface area contributed by atoms with Gasteiger partial charge < -0.3 is 10.3 Å². The van der Waals surface area contributed by atoms with Crippen molar-refractivity contribution in [3.8, 4) is 0 Å². The number of carbonyl (C=O) groups is 1. The molecule has 29 heavy (non-hydrogen) atoms. The number of rotatable bonds is 5. The highest BCUT2D eigenvalue weighted by Crippen LogP contribution is 2.28. The molecule has 0 unspecified atom stereocenters. The van der Waals surface area contributed by atoms with Gasteiger partial charge in [-0.05, 0) is 49.1 Å². The molecule has 0 spiro atoms. The number of H-pyrrole nitrogens is 1. The number of aromatic amines is 1. The molecule has 2 aromatic carbocycles. The lowest BCUT2D eigenvalue weighted by Crippen LogP contribution is -2.38. The van der Waals surface area contributed by atoms with Crippen molar-refractivity contribution in [1.82, 2.24) is 10.3 Å². The van der Waals surface area contributed by atoms with E-state index in [1.54, 1.807) is 18.2 Å². The number of aromatic nitrogens is 1. The van der Waals surface area contributed by atoms with Crippen LogP contribution in [0.3, 0.4) is 0 Å². The van der Waals surface area contributed by atoms with E-state index in [0.29, 0.717) is 36.6 Å². The molecule has 152 valence electrons. The fraction of sp³-hybridized carbons (Fsp3) is 0.286. The van der Waals surface area contributed by atoms with Crippen LogP contribution < -0.4 is 9.62 Å². The van der Waals surface area contributed by atoms with Crippen LogP contribution in [0.1, 0.15) is 28.8 Å². The lowest BCUT2D eigenvalue weighted by atomic mass is 10.1. The summed E-state index contributed by atoms with van der Waals surface area (Å²) in [5.74, 6) is -0.187. The molecule has 6 nitrogen and oxygen atoms in total. The summed E-state index contributed by atoms with van der Waals surface area (Å²) >= 11 is 6.22. The molecule has 3 aromatic rings. The second-order valence-corrected chi connectivity index (χ2v) is 9.54. The van der Waals surface area contributed by atoms with Crippen molar-refractivity contribution in [2.75, 3.05) is 23.1 Å². The fourth-order valence-electron chi connectivity index (χ4n) is 3.67. The van der Waals surface area contributed by atoms with E-state index in [-0.39, 0.29) is 17.2 Å². The minimum atomic E-state index is -3.34. The number of amides is 1. The number of hydrogen-bond donors (Lipinski definition) is 2. The summed E-state index contributed by atoms with van der Waals surface area (Å²) < 4.78 is 26.1. The van der Waals surface area contributed by atoms with E-state index in [1.807, 2.05) is 30.5 Å². The maximum Gasteiger partial charge on any atom is 0.252 e. The molecule has 1 saturated heterocycles. The van der Waals surface area contributed by atoms with Crippen molar-refractivity contribution in [3.05, 3.63) is 64.8 Å². The van der Waals surface area contributed by atoms with Gasteiger partial charge in [-0.1, -0.05) is 29.8 Å². The summed E-state index contributed by atoms with van der Waals surface area (Å²) in [4.78, 5) is 15.9. The van der Waals surface area contributed by atoms with Crippen molar-refractivity contribution in [3.63, 3.8) is 0 Å². The van der Waals surface area contributed by atoms with Gasteiger partial charge in [-0.15, -0.1) is 0 Å². The average Bonchev–Trinajstić information content (AvgIpc) is 3.11. The van der Waals surface area contributed by atoms with Gasteiger partial charge >= 0.3 is 0 Å². The molecule has 2 N–H and O–H groups in total. The Morgan fingerprint density at radius 1 is 1.17 bits per heavy atom. The average molecular weight is 432 g/mol. The second kappa shape index (κ2) is 8.08. The number of fused-ring (bicyclic) bond motifs is 1. The zero-order valence-corrected chi connectivity index (χ0v) is 17.4. The molecular weight excluding hydrogens is 410 g/mol. The number of hydrogen-bond acceptors (Lipinski definition) is 3. The van der Waals surface area contributed by atoms with Gasteiger partial charge in [-0.25, -0.2) is 8.42 Å². The number of halogens is 1. The highest BCUT2D eigenvalue weighted by molar-refractivity contribution is 7.92. The smallest absolute Gasteiger partial charge is 0.252 e. The van der Waals surface area contributed by atoms with E-state index in [4.69, 9.17) is 11.6 Å². The third-order valence-corrected chi connectivity index (χ3v) is 7.39. The molecule has 1 amide bonds. The molecule has 0 saturated carbocycles. The largest absolute Gasteiger partial charge is 0.361 e. The first-order valence-electron chi connectivity index (χ1n) is 9.59. The highest BCUT2D eigenvalue weighted by atomic mass is 35.5. The Hall–Kier alpha value is -2.51. The van der Waals surface area contributed by atoms with Crippen molar-refractivity contribution < 1.29 is 13.2 Å². The van der Waals surface area contributed by atoms with Crippen LogP contribution in [0.25, 0.3) is 10.9 Å². The number of nitrogens with zero attached hydrogens (tertiary/aromatic N) is 1. The molecule has 0 aliphatic carbocycles. The lowest BCUT2D eigenvalue weighted by molar-refractivity contribution is 0.0954. The number of sulfonamides is 1. The third kappa shape index (κ3) is 4.11. The van der Waals surface area contributed by atoms with E-state index in [0.717, 1.165) is 22.9 Å². The van der Waals surface area contributed by atoms with Gasteiger partial charge in [-0.2, -0.15) is 0 Å². The standard InChI is InChI=1S/C21H22ClN3O3S/c22-19-8-7-16(25-11-3-4-12-29(25,27)28)13-18(19)21(26)23-10-9-15-14-24-20-6-2-1-5-17(15)20/h1-2,5-8,13-14,24H,3-4,9-12H2,(H,23,26). The summed E-state index contributed by atoms with van der Waals surface area (Å²) in [6.07, 6.45) is 4.08. The number of benzene rings is 2. The minimum Gasteiger partial charge on any atom is -0.361 e. The van der Waals surface area contributed by atoms with Gasteiger partial charge in [0, 0.05) is 30.2 Å². The lowest BCUT2D eigenvalue weighted by Gasteiger charge is -2.28. The number of carbonyl (C=O) groups excluding carboxylic acids is 1. The van der Waals surface area contributed by atoms with Gasteiger partial charge in [0.05, 0.1) is 22.0 Å². The Bertz CT molecular complexity index is 1160. The SMILES string of the molecule is O=C(NCCc1c[nH]c2ccccc12)c1cc(N2CCCCS2(=O)=O)ccc1Cl. The fourth-order valence-corrected chi connectivity index (χ4v) is 5.50. The summed E-state index contributed by atoms with van der Waals surface area (Å²) in [7, 11) is -3.34. The third-order valence-electron chi connectivity index (χ3n) is 5.19. The monoisotopic (exact) mass is 431 g/mol. The summed E-state index contributed by atoms with van der Waals surface area (Å²) in [6, 6.07) is 12.8. The van der Waals surface area contributed by atoms with Crippen LogP contribution in [-0.4, -0.2) is 38.2 Å². The van der Waals surface area contributed by atoms with E-state index in [1.165, 1.54) is 4.31 Å². The number of anilines is 1. The van der Waals surface area contributed by atoms with Crippen LogP contribution in [0.5, 0.6) is 0 Å². The normalized spacial score (nSPS) is 16.1. The van der Waals surface area contributed by atoms with E-state index in [2.05, 4.69) is 10.3 Å². The van der Waals surface area contributed by atoms with Crippen LogP contribution in [-0.2, 0) is 16.4 Å². The van der Waals surface area contributed by atoms with Crippen LogP contribution in [0.4, 0.5) is 5.69 Å². The second-order valence-electron chi connectivity index (χ2n) is 7.12. The predicted molar refractivity (Wildman–Crippen MR) is 116 cm³/mol. The van der Waals surface area contributed by atoms with Crippen LogP contribution in [0, 0.1) is 0 Å². The molecule has 0 atom stereocenters. The Morgan fingerprint density at radius 2 is 2.00 bits per heavy atom. The molecule has 0 radical (unpaired) electrons. The van der Waals surface area contributed by atoms with Gasteiger partial charge in [0.25, 0.3) is 5.91 Å². The van der Waals surface area contributed by atoms with E-state index < -0.39 is 10.0 Å². The zero-order chi connectivity index (χ0) is 20.4. The zero-order valence-electron chi connectivity index (χ0n) is 15.8. The van der Waals surface area contributed by atoms with Gasteiger partial charge in [0.1, 0.15) is 0 Å². The maximum atomic E-state index is 12.7. The Morgan fingerprint density at radius 3 is 2.83 bits per heavy atom. The first kappa shape index (κ1) is 19.8. The molecular formula is C21H22ClN3O3S. The number of nitrogens with one attached hydrogen (secondary N) is 2. The van der Waals surface area contributed by atoms with Crippen molar-refractivity contribution in [2.24, 2.45) is 0 Å². The maximum absolute atomic E-state index is 12.7. The Kier molecular flexibility index (Phi) is 5.52. The first-order chi connectivity index (χ1) is 14.0. The molecule has 1 fully saturated rings. The first-order valence-corrected chi connectivity index (χ1v) is 11.6. The molecule has 1 aromatic heterocycles. The Balaban J connectivity index is 1.47. The Labute approximate surface area is 174 Å². The summed E-state index contributed by atoms with van der Waals surface area (Å²) in [5.41, 5.74) is 2.95. The topological polar surface area (TPSA) is 82.3 Å². The van der Waals surface area contributed by atoms with Crippen LogP contribution in [0.15, 0.2) is 48.7 Å².